The number of nitrogens with zero attached hydrogens (tertiary/aromatic N) is 2. The maximum absolute atomic E-state index is 11.4. The normalized spacial score (nSPS) is 17.6. The summed E-state index contributed by atoms with van der Waals surface area (Å²) < 4.78 is 0. The highest BCUT2D eigenvalue weighted by Crippen LogP contribution is 2.38. The van der Waals surface area contributed by atoms with Crippen molar-refractivity contribution in [3.05, 3.63) is 64.7 Å². The number of likely N-dealkylation sites (tertiary alicyclic amines) is 1. The average molecular weight is 465 g/mol. The second-order valence-corrected chi connectivity index (χ2v) is 12.4. The van der Waals surface area contributed by atoms with E-state index in [9.17, 15) is 5.11 Å². The van der Waals surface area contributed by atoms with Gasteiger partial charge >= 0.3 is 0 Å². The lowest BCUT2D eigenvalue weighted by Crippen LogP contribution is -2.40. The predicted molar refractivity (Wildman–Crippen MR) is 146 cm³/mol. The fourth-order valence-corrected chi connectivity index (χ4v) is 5.14. The summed E-state index contributed by atoms with van der Waals surface area (Å²) >= 11 is 0. The van der Waals surface area contributed by atoms with Gasteiger partial charge in [-0.05, 0) is 59.9 Å². The van der Waals surface area contributed by atoms with Crippen molar-refractivity contribution in [1.29, 1.82) is 0 Å². The third kappa shape index (κ3) is 7.09. The molecule has 3 nitrogen and oxygen atoms in total. The number of aromatic hydroxyl groups is 1. The van der Waals surface area contributed by atoms with Crippen LogP contribution in [0.25, 0.3) is 0 Å². The molecule has 3 heteroatoms. The molecule has 1 saturated heterocycles. The highest BCUT2D eigenvalue weighted by molar-refractivity contribution is 5.48. The second kappa shape index (κ2) is 11.3. The summed E-state index contributed by atoms with van der Waals surface area (Å²) in [6.07, 6.45) is 5.10. The van der Waals surface area contributed by atoms with Gasteiger partial charge in [0.05, 0.1) is 0 Å². The molecule has 2 aromatic carbocycles. The number of hydrogen-bond donors (Lipinski definition) is 1. The van der Waals surface area contributed by atoms with Crippen LogP contribution in [0.4, 0.5) is 0 Å². The molecule has 1 fully saturated rings. The first-order valence-corrected chi connectivity index (χ1v) is 13.4. The van der Waals surface area contributed by atoms with E-state index in [4.69, 9.17) is 0 Å². The van der Waals surface area contributed by atoms with Gasteiger partial charge in [0.1, 0.15) is 5.75 Å². The summed E-state index contributed by atoms with van der Waals surface area (Å²) in [4.78, 5) is 5.27. The van der Waals surface area contributed by atoms with Crippen LogP contribution in [0.5, 0.6) is 5.75 Å². The summed E-state index contributed by atoms with van der Waals surface area (Å²) in [5, 5.41) is 11.4. The fourth-order valence-electron chi connectivity index (χ4n) is 5.14. The Balaban J connectivity index is 1.93. The van der Waals surface area contributed by atoms with Crippen molar-refractivity contribution in [2.75, 3.05) is 19.6 Å². The topological polar surface area (TPSA) is 26.7 Å². The van der Waals surface area contributed by atoms with Crippen molar-refractivity contribution in [1.82, 2.24) is 9.80 Å². The molecule has 0 amide bonds. The van der Waals surface area contributed by atoms with Crippen LogP contribution in [-0.4, -0.2) is 40.6 Å². The highest BCUT2D eigenvalue weighted by atomic mass is 16.3. The zero-order valence-electron chi connectivity index (χ0n) is 22.8. The first-order valence-electron chi connectivity index (χ1n) is 13.4. The molecule has 0 radical (unpaired) electrons. The van der Waals surface area contributed by atoms with Crippen LogP contribution in [-0.2, 0) is 23.9 Å². The van der Waals surface area contributed by atoms with Crippen molar-refractivity contribution >= 4 is 0 Å². The van der Waals surface area contributed by atoms with Crippen molar-refractivity contribution in [3.63, 3.8) is 0 Å². The molecule has 1 N–H and O–H groups in total. The Morgan fingerprint density at radius 3 is 2.29 bits per heavy atom. The highest BCUT2D eigenvalue weighted by Gasteiger charge is 2.28. The van der Waals surface area contributed by atoms with Crippen molar-refractivity contribution < 1.29 is 5.11 Å². The van der Waals surface area contributed by atoms with Gasteiger partial charge in [-0.3, -0.25) is 9.80 Å². The number of benzene rings is 2. The Bertz CT molecular complexity index is 908. The van der Waals surface area contributed by atoms with E-state index in [1.165, 1.54) is 49.9 Å². The average Bonchev–Trinajstić information content (AvgIpc) is 3.19. The Kier molecular flexibility index (Phi) is 8.87. The quantitative estimate of drug-likeness (QED) is 0.423. The van der Waals surface area contributed by atoms with Crippen molar-refractivity contribution in [2.45, 2.75) is 104 Å². The lowest BCUT2D eigenvalue weighted by atomic mass is 9.79. The molecule has 1 aliphatic heterocycles. The molecule has 1 heterocycles. The minimum Gasteiger partial charge on any atom is -0.507 e. The number of rotatable bonds is 9. The van der Waals surface area contributed by atoms with Gasteiger partial charge in [-0.2, -0.15) is 0 Å². The van der Waals surface area contributed by atoms with Crippen LogP contribution in [0.15, 0.2) is 42.5 Å². The van der Waals surface area contributed by atoms with Crippen molar-refractivity contribution in [2.24, 2.45) is 0 Å². The summed E-state index contributed by atoms with van der Waals surface area (Å²) in [5.41, 5.74) is 4.69. The maximum Gasteiger partial charge on any atom is 0.123 e. The van der Waals surface area contributed by atoms with E-state index in [2.05, 4.69) is 101 Å². The summed E-state index contributed by atoms with van der Waals surface area (Å²) in [6.45, 7) is 20.8. The molecule has 0 aliphatic carbocycles. The Morgan fingerprint density at radius 2 is 1.68 bits per heavy atom. The second-order valence-electron chi connectivity index (χ2n) is 12.4. The van der Waals surface area contributed by atoms with E-state index in [1.54, 1.807) is 0 Å². The molecule has 0 unspecified atom stereocenters. The van der Waals surface area contributed by atoms with Crippen LogP contribution in [0, 0.1) is 0 Å². The third-order valence-electron chi connectivity index (χ3n) is 7.27. The molecule has 1 aliphatic rings. The Morgan fingerprint density at radius 1 is 0.971 bits per heavy atom. The fraction of sp³-hybridized carbons (Fsp3) is 0.613. The van der Waals surface area contributed by atoms with Crippen LogP contribution >= 0.6 is 0 Å². The molecule has 0 saturated carbocycles. The molecule has 2 aromatic rings. The molecule has 1 atom stereocenters. The van der Waals surface area contributed by atoms with E-state index in [1.807, 2.05) is 0 Å². The van der Waals surface area contributed by atoms with Crippen molar-refractivity contribution in [3.8, 4) is 5.75 Å². The smallest absolute Gasteiger partial charge is 0.123 e. The molecule has 34 heavy (non-hydrogen) atoms. The summed E-state index contributed by atoms with van der Waals surface area (Å²) in [6, 6.07) is 15.9. The van der Waals surface area contributed by atoms with Crippen LogP contribution in [0.3, 0.4) is 0 Å². The number of unbranched alkanes of at least 4 members (excludes halogenated alkanes) is 1. The minimum absolute atomic E-state index is 0.0368. The van der Waals surface area contributed by atoms with E-state index in [0.717, 1.165) is 30.8 Å². The molecule has 0 spiro atoms. The van der Waals surface area contributed by atoms with Gasteiger partial charge in [-0.1, -0.05) is 97.4 Å². The van der Waals surface area contributed by atoms with Crippen LogP contribution in [0.2, 0.25) is 0 Å². The minimum atomic E-state index is -0.104. The van der Waals surface area contributed by atoms with Gasteiger partial charge in [-0.25, -0.2) is 0 Å². The van der Waals surface area contributed by atoms with Gasteiger partial charge in [0, 0.05) is 31.2 Å². The molecular weight excluding hydrogens is 416 g/mol. The lowest BCUT2D eigenvalue weighted by Gasteiger charge is -2.33. The monoisotopic (exact) mass is 464 g/mol. The number of phenolic OH excluding ortho intramolecular Hbond substituents is 1. The van der Waals surface area contributed by atoms with Crippen LogP contribution in [0.1, 0.15) is 96.4 Å². The number of phenols is 1. The molecule has 188 valence electrons. The zero-order valence-corrected chi connectivity index (χ0v) is 22.8. The summed E-state index contributed by atoms with van der Waals surface area (Å²) in [7, 11) is 0. The predicted octanol–water partition coefficient (Wildman–Crippen LogP) is 7.25. The lowest BCUT2D eigenvalue weighted by molar-refractivity contribution is 0.159. The van der Waals surface area contributed by atoms with Crippen LogP contribution < -0.4 is 0 Å². The third-order valence-corrected chi connectivity index (χ3v) is 7.27. The summed E-state index contributed by atoms with van der Waals surface area (Å²) in [5.74, 6) is 0.479. The largest absolute Gasteiger partial charge is 0.507 e. The van der Waals surface area contributed by atoms with Gasteiger partial charge in [0.2, 0.25) is 0 Å². The van der Waals surface area contributed by atoms with E-state index < -0.39 is 0 Å². The zero-order chi connectivity index (χ0) is 24.9. The van der Waals surface area contributed by atoms with Gasteiger partial charge in [0.15, 0.2) is 0 Å². The Hall–Kier alpha value is -1.84. The maximum atomic E-state index is 11.4. The van der Waals surface area contributed by atoms with E-state index >= 15 is 0 Å². The van der Waals surface area contributed by atoms with E-state index in [0.29, 0.717) is 11.8 Å². The van der Waals surface area contributed by atoms with E-state index in [-0.39, 0.29) is 10.8 Å². The Labute approximate surface area is 209 Å². The SMILES string of the molecule is CCCCN1CCC[C@H]1CN(Cc1ccccc1)Cc1cc(C(C)(C)C)cc(C(C)(C)C)c1O. The molecular formula is C31H48N2O. The first-order chi connectivity index (χ1) is 16.0. The van der Waals surface area contributed by atoms with Gasteiger partial charge in [-0.15, -0.1) is 0 Å². The number of hydrogen-bond acceptors (Lipinski definition) is 3. The molecule has 0 aromatic heterocycles. The first kappa shape index (κ1) is 26.8. The molecule has 3 rings (SSSR count). The standard InChI is InChI=1S/C31H48N2O/c1-8-9-17-33-18-13-16-27(33)23-32(21-24-14-11-10-12-15-24)22-25-19-26(30(2,3)4)20-28(29(25)34)31(5,6)7/h10-12,14-15,19-20,27,34H,8-9,13,16-18,21-23H2,1-7H3/t27-/m0/s1. The van der Waals surface area contributed by atoms with Gasteiger partial charge < -0.3 is 5.11 Å². The molecule has 0 bridgehead atoms. The van der Waals surface area contributed by atoms with Gasteiger partial charge in [0.25, 0.3) is 0 Å².